The van der Waals surface area contributed by atoms with E-state index < -0.39 is 0 Å². The molecule has 1 aromatic heterocycles. The minimum absolute atomic E-state index is 0.190. The second-order valence-electron chi connectivity index (χ2n) is 3.84. The summed E-state index contributed by atoms with van der Waals surface area (Å²) >= 11 is 0. The van der Waals surface area contributed by atoms with Crippen LogP contribution in [0.25, 0.3) is 0 Å². The highest BCUT2D eigenvalue weighted by Crippen LogP contribution is 2.27. The number of rotatable bonds is 5. The third-order valence-corrected chi connectivity index (χ3v) is 2.60. The lowest BCUT2D eigenvalue weighted by atomic mass is 10.2. The number of aromatic amines is 1. The van der Waals surface area contributed by atoms with Gasteiger partial charge in [-0.3, -0.25) is 4.79 Å². The van der Waals surface area contributed by atoms with E-state index in [1.165, 1.54) is 12.4 Å². The number of benzene rings is 1. The monoisotopic (exact) mass is 261 g/mol. The highest BCUT2D eigenvalue weighted by atomic mass is 16.5. The van der Waals surface area contributed by atoms with Gasteiger partial charge < -0.3 is 19.8 Å². The minimum Gasteiger partial charge on any atom is -0.493 e. The summed E-state index contributed by atoms with van der Waals surface area (Å²) in [5.74, 6) is 1.87. The molecule has 0 amide bonds. The third-order valence-electron chi connectivity index (χ3n) is 2.60. The molecule has 0 aliphatic carbocycles. The first-order valence-corrected chi connectivity index (χ1v) is 5.72. The number of methoxy groups -OCH3 is 2. The SMILES string of the molecule is COc1ccc(CNc2cc(=O)[nH]cn2)cc1OC. The number of nitrogens with one attached hydrogen (secondary N) is 2. The fourth-order valence-corrected chi connectivity index (χ4v) is 1.65. The van der Waals surface area contributed by atoms with E-state index in [1.807, 2.05) is 18.2 Å². The molecule has 6 heteroatoms. The Morgan fingerprint density at radius 3 is 2.68 bits per heavy atom. The highest BCUT2D eigenvalue weighted by molar-refractivity contribution is 5.44. The van der Waals surface area contributed by atoms with Gasteiger partial charge >= 0.3 is 0 Å². The number of hydrogen-bond acceptors (Lipinski definition) is 5. The normalized spacial score (nSPS) is 10.0. The molecule has 6 nitrogen and oxygen atoms in total. The van der Waals surface area contributed by atoms with Crippen molar-refractivity contribution in [2.75, 3.05) is 19.5 Å². The molecule has 0 saturated carbocycles. The van der Waals surface area contributed by atoms with Gasteiger partial charge in [-0.2, -0.15) is 0 Å². The third kappa shape index (κ3) is 3.25. The number of anilines is 1. The topological polar surface area (TPSA) is 76.2 Å². The fraction of sp³-hybridized carbons (Fsp3) is 0.231. The number of hydrogen-bond donors (Lipinski definition) is 2. The summed E-state index contributed by atoms with van der Waals surface area (Å²) in [7, 11) is 3.18. The lowest BCUT2D eigenvalue weighted by Gasteiger charge is -2.10. The lowest BCUT2D eigenvalue weighted by molar-refractivity contribution is 0.354. The van der Waals surface area contributed by atoms with E-state index in [9.17, 15) is 4.79 Å². The van der Waals surface area contributed by atoms with Crippen LogP contribution in [0.1, 0.15) is 5.56 Å². The van der Waals surface area contributed by atoms with Crippen LogP contribution in [-0.4, -0.2) is 24.2 Å². The van der Waals surface area contributed by atoms with Crippen LogP contribution in [0, 0.1) is 0 Å². The van der Waals surface area contributed by atoms with Crippen LogP contribution in [0.2, 0.25) is 0 Å². The van der Waals surface area contributed by atoms with Gasteiger partial charge in [-0.05, 0) is 17.7 Å². The van der Waals surface area contributed by atoms with Crippen LogP contribution < -0.4 is 20.3 Å². The zero-order valence-corrected chi connectivity index (χ0v) is 10.8. The van der Waals surface area contributed by atoms with Gasteiger partial charge in [0.15, 0.2) is 11.5 Å². The summed E-state index contributed by atoms with van der Waals surface area (Å²) in [4.78, 5) is 17.6. The Labute approximate surface area is 110 Å². The summed E-state index contributed by atoms with van der Waals surface area (Å²) < 4.78 is 10.4. The summed E-state index contributed by atoms with van der Waals surface area (Å²) in [5.41, 5.74) is 0.810. The predicted octanol–water partition coefficient (Wildman–Crippen LogP) is 1.40. The van der Waals surface area contributed by atoms with Gasteiger partial charge in [0.05, 0.1) is 20.5 Å². The Morgan fingerprint density at radius 2 is 2.00 bits per heavy atom. The molecule has 0 aliphatic rings. The van der Waals surface area contributed by atoms with Gasteiger partial charge in [0, 0.05) is 12.6 Å². The molecular formula is C13H15N3O3. The maximum atomic E-state index is 11.1. The Balaban J connectivity index is 2.09. The number of aromatic nitrogens is 2. The van der Waals surface area contributed by atoms with Gasteiger partial charge in [-0.1, -0.05) is 6.07 Å². The van der Waals surface area contributed by atoms with Crippen molar-refractivity contribution in [3.63, 3.8) is 0 Å². The Hall–Kier alpha value is -2.50. The summed E-state index contributed by atoms with van der Waals surface area (Å²) in [6.07, 6.45) is 1.36. The largest absolute Gasteiger partial charge is 0.493 e. The molecule has 0 unspecified atom stereocenters. The fourth-order valence-electron chi connectivity index (χ4n) is 1.65. The first-order valence-electron chi connectivity index (χ1n) is 5.72. The smallest absolute Gasteiger partial charge is 0.252 e. The van der Waals surface area contributed by atoms with Crippen LogP contribution in [0.5, 0.6) is 11.5 Å². The summed E-state index contributed by atoms with van der Waals surface area (Å²) in [6.45, 7) is 0.538. The maximum absolute atomic E-state index is 11.1. The average Bonchev–Trinajstić information content (AvgIpc) is 2.45. The molecule has 1 aromatic carbocycles. The van der Waals surface area contributed by atoms with E-state index in [-0.39, 0.29) is 5.56 Å². The molecule has 19 heavy (non-hydrogen) atoms. The van der Waals surface area contributed by atoms with Gasteiger partial charge in [-0.25, -0.2) is 4.98 Å². The zero-order valence-electron chi connectivity index (χ0n) is 10.8. The van der Waals surface area contributed by atoms with Gasteiger partial charge in [0.2, 0.25) is 0 Å². The van der Waals surface area contributed by atoms with E-state index >= 15 is 0 Å². The first-order chi connectivity index (χ1) is 9.22. The molecule has 1 heterocycles. The van der Waals surface area contributed by atoms with Crippen molar-refractivity contribution in [1.29, 1.82) is 0 Å². The molecule has 2 rings (SSSR count). The predicted molar refractivity (Wildman–Crippen MR) is 71.7 cm³/mol. The Kier molecular flexibility index (Phi) is 4.02. The zero-order chi connectivity index (χ0) is 13.7. The van der Waals surface area contributed by atoms with Crippen LogP contribution in [0.3, 0.4) is 0 Å². The van der Waals surface area contributed by atoms with Crippen molar-refractivity contribution in [3.05, 3.63) is 46.5 Å². The first kappa shape index (κ1) is 12.9. The molecule has 2 aromatic rings. The van der Waals surface area contributed by atoms with Crippen molar-refractivity contribution in [1.82, 2.24) is 9.97 Å². The lowest BCUT2D eigenvalue weighted by Crippen LogP contribution is -2.09. The van der Waals surface area contributed by atoms with Crippen molar-refractivity contribution in [2.45, 2.75) is 6.54 Å². The molecule has 0 atom stereocenters. The molecule has 0 aliphatic heterocycles. The van der Waals surface area contributed by atoms with Crippen LogP contribution in [0.15, 0.2) is 35.4 Å². The van der Waals surface area contributed by atoms with Gasteiger partial charge in [-0.15, -0.1) is 0 Å². The average molecular weight is 261 g/mol. The van der Waals surface area contributed by atoms with Crippen molar-refractivity contribution in [2.24, 2.45) is 0 Å². The molecule has 100 valence electrons. The molecule has 0 radical (unpaired) electrons. The number of H-pyrrole nitrogens is 1. The molecule has 2 N–H and O–H groups in total. The molecule has 0 fully saturated rings. The summed E-state index contributed by atoms with van der Waals surface area (Å²) in [5, 5.41) is 3.06. The number of nitrogens with zero attached hydrogens (tertiary/aromatic N) is 1. The minimum atomic E-state index is -0.190. The van der Waals surface area contributed by atoms with Crippen LogP contribution in [0.4, 0.5) is 5.82 Å². The van der Waals surface area contributed by atoms with E-state index in [4.69, 9.17) is 9.47 Å². The Bertz CT molecular complexity index is 610. The van der Waals surface area contributed by atoms with Crippen molar-refractivity contribution < 1.29 is 9.47 Å². The molecule has 0 saturated heterocycles. The van der Waals surface area contributed by atoms with E-state index in [0.29, 0.717) is 23.9 Å². The standard InChI is InChI=1S/C13H15N3O3/c1-18-10-4-3-9(5-11(10)19-2)7-14-12-6-13(17)16-8-15-12/h3-6,8H,7H2,1-2H3,(H2,14,15,16,17). The van der Waals surface area contributed by atoms with E-state index in [2.05, 4.69) is 15.3 Å². The summed E-state index contributed by atoms with van der Waals surface area (Å²) in [6, 6.07) is 7.03. The number of ether oxygens (including phenoxy) is 2. The van der Waals surface area contributed by atoms with E-state index in [1.54, 1.807) is 14.2 Å². The maximum Gasteiger partial charge on any atom is 0.252 e. The van der Waals surface area contributed by atoms with E-state index in [0.717, 1.165) is 5.56 Å². The van der Waals surface area contributed by atoms with Crippen molar-refractivity contribution in [3.8, 4) is 11.5 Å². The molecular weight excluding hydrogens is 246 g/mol. The Morgan fingerprint density at radius 1 is 1.21 bits per heavy atom. The second-order valence-corrected chi connectivity index (χ2v) is 3.84. The van der Waals surface area contributed by atoms with Gasteiger partial charge in [0.1, 0.15) is 5.82 Å². The van der Waals surface area contributed by atoms with Crippen molar-refractivity contribution >= 4 is 5.82 Å². The van der Waals surface area contributed by atoms with Crippen LogP contribution >= 0.6 is 0 Å². The van der Waals surface area contributed by atoms with Crippen LogP contribution in [-0.2, 0) is 6.54 Å². The second kappa shape index (κ2) is 5.90. The molecule has 0 bridgehead atoms. The van der Waals surface area contributed by atoms with Gasteiger partial charge in [0.25, 0.3) is 5.56 Å². The highest BCUT2D eigenvalue weighted by Gasteiger charge is 2.04. The molecule has 0 spiro atoms. The quantitative estimate of drug-likeness (QED) is 0.850.